The first kappa shape index (κ1) is 15.8. The quantitative estimate of drug-likeness (QED) is 0.806. The maximum Gasteiger partial charge on any atom is 0.310 e. The Labute approximate surface area is 127 Å². The SMILES string of the molecule is CCOC(=O)C1CCCN(C(=O)c2cccc(F)c2Cl)C1. The summed E-state index contributed by atoms with van der Waals surface area (Å²) >= 11 is 5.84. The van der Waals surface area contributed by atoms with E-state index in [1.54, 1.807) is 6.92 Å². The normalized spacial score (nSPS) is 18.4. The van der Waals surface area contributed by atoms with Crippen molar-refractivity contribution in [1.82, 2.24) is 4.90 Å². The van der Waals surface area contributed by atoms with Gasteiger partial charge in [0.25, 0.3) is 5.91 Å². The van der Waals surface area contributed by atoms with Crippen molar-refractivity contribution in [2.45, 2.75) is 19.8 Å². The monoisotopic (exact) mass is 313 g/mol. The van der Waals surface area contributed by atoms with Crippen molar-refractivity contribution >= 4 is 23.5 Å². The zero-order chi connectivity index (χ0) is 15.4. The summed E-state index contributed by atoms with van der Waals surface area (Å²) in [6.45, 7) is 2.88. The van der Waals surface area contributed by atoms with Crippen LogP contribution in [0, 0.1) is 11.7 Å². The van der Waals surface area contributed by atoms with E-state index >= 15 is 0 Å². The Morgan fingerprint density at radius 1 is 1.48 bits per heavy atom. The van der Waals surface area contributed by atoms with Gasteiger partial charge in [0.05, 0.1) is 23.1 Å². The van der Waals surface area contributed by atoms with E-state index in [9.17, 15) is 14.0 Å². The van der Waals surface area contributed by atoms with Gasteiger partial charge in [-0.1, -0.05) is 17.7 Å². The predicted octanol–water partition coefficient (Wildman–Crippen LogP) is 2.89. The number of nitrogens with zero attached hydrogens (tertiary/aromatic N) is 1. The summed E-state index contributed by atoms with van der Waals surface area (Å²) in [5.74, 6) is -1.59. The lowest BCUT2D eigenvalue weighted by molar-refractivity contribution is -0.149. The molecule has 0 spiro atoms. The molecular formula is C15H17ClFNO3. The molecule has 1 saturated heterocycles. The van der Waals surface area contributed by atoms with Gasteiger partial charge < -0.3 is 9.64 Å². The summed E-state index contributed by atoms with van der Waals surface area (Å²) in [4.78, 5) is 25.7. The molecule has 0 aromatic heterocycles. The molecule has 1 aromatic rings. The first-order valence-electron chi connectivity index (χ1n) is 6.94. The molecular weight excluding hydrogens is 297 g/mol. The van der Waals surface area contributed by atoms with Crippen molar-refractivity contribution in [1.29, 1.82) is 0 Å². The number of carbonyl (C=O) groups excluding carboxylic acids is 2. The largest absolute Gasteiger partial charge is 0.466 e. The van der Waals surface area contributed by atoms with Crippen LogP contribution in [0.15, 0.2) is 18.2 Å². The second kappa shape index (κ2) is 6.89. The minimum Gasteiger partial charge on any atom is -0.466 e. The van der Waals surface area contributed by atoms with Crippen molar-refractivity contribution in [2.75, 3.05) is 19.7 Å². The summed E-state index contributed by atoms with van der Waals surface area (Å²) in [5.41, 5.74) is 0.126. The summed E-state index contributed by atoms with van der Waals surface area (Å²) in [6.07, 6.45) is 1.40. The number of benzene rings is 1. The number of ether oxygens (including phenoxy) is 1. The highest BCUT2D eigenvalue weighted by Gasteiger charge is 2.30. The lowest BCUT2D eigenvalue weighted by Crippen LogP contribution is -2.43. The van der Waals surface area contributed by atoms with E-state index in [1.807, 2.05) is 0 Å². The molecule has 0 N–H and O–H groups in total. The molecule has 1 unspecified atom stereocenters. The van der Waals surface area contributed by atoms with E-state index in [1.165, 1.54) is 23.1 Å². The van der Waals surface area contributed by atoms with Crippen molar-refractivity contribution in [3.05, 3.63) is 34.6 Å². The second-order valence-corrected chi connectivity index (χ2v) is 5.32. The smallest absolute Gasteiger partial charge is 0.310 e. The Hall–Kier alpha value is -1.62. The van der Waals surface area contributed by atoms with Gasteiger partial charge in [-0.05, 0) is 31.9 Å². The lowest BCUT2D eigenvalue weighted by Gasteiger charge is -2.31. The van der Waals surface area contributed by atoms with E-state index < -0.39 is 5.82 Å². The third-order valence-corrected chi connectivity index (χ3v) is 3.89. The average Bonchev–Trinajstić information content (AvgIpc) is 2.50. The van der Waals surface area contributed by atoms with E-state index in [0.717, 1.165) is 0 Å². The van der Waals surface area contributed by atoms with Crippen LogP contribution in [-0.4, -0.2) is 36.5 Å². The topological polar surface area (TPSA) is 46.6 Å². The van der Waals surface area contributed by atoms with Gasteiger partial charge in [0.2, 0.25) is 0 Å². The molecule has 0 radical (unpaired) electrons. The first-order chi connectivity index (χ1) is 10.0. The molecule has 114 valence electrons. The maximum absolute atomic E-state index is 13.4. The van der Waals surface area contributed by atoms with Crippen LogP contribution in [0.4, 0.5) is 4.39 Å². The molecule has 4 nitrogen and oxygen atoms in total. The maximum atomic E-state index is 13.4. The third-order valence-electron chi connectivity index (χ3n) is 3.51. The molecule has 1 atom stereocenters. The molecule has 6 heteroatoms. The average molecular weight is 314 g/mol. The second-order valence-electron chi connectivity index (χ2n) is 4.94. The van der Waals surface area contributed by atoms with Crippen LogP contribution in [-0.2, 0) is 9.53 Å². The van der Waals surface area contributed by atoms with Gasteiger partial charge in [0.1, 0.15) is 5.82 Å². The molecule has 0 saturated carbocycles. The van der Waals surface area contributed by atoms with E-state index in [2.05, 4.69) is 0 Å². The number of esters is 1. The first-order valence-corrected chi connectivity index (χ1v) is 7.32. The fourth-order valence-corrected chi connectivity index (χ4v) is 2.66. The molecule has 1 amide bonds. The highest BCUT2D eigenvalue weighted by Crippen LogP contribution is 2.24. The number of hydrogen-bond acceptors (Lipinski definition) is 3. The van der Waals surface area contributed by atoms with Gasteiger partial charge in [-0.15, -0.1) is 0 Å². The van der Waals surface area contributed by atoms with Gasteiger partial charge >= 0.3 is 5.97 Å². The molecule has 2 rings (SSSR count). The Bertz CT molecular complexity index is 550. The van der Waals surface area contributed by atoms with Gasteiger partial charge in [-0.25, -0.2) is 4.39 Å². The van der Waals surface area contributed by atoms with Gasteiger partial charge in [0, 0.05) is 13.1 Å². The standard InChI is InChI=1S/C15H17ClFNO3/c1-2-21-15(20)10-5-4-8-18(9-10)14(19)11-6-3-7-12(17)13(11)16/h3,6-7,10H,2,4-5,8-9H2,1H3. The molecule has 0 aliphatic carbocycles. The van der Waals surface area contributed by atoms with Crippen LogP contribution >= 0.6 is 11.6 Å². The number of carbonyl (C=O) groups is 2. The number of piperidine rings is 1. The third kappa shape index (κ3) is 3.53. The van der Waals surface area contributed by atoms with Crippen molar-refractivity contribution in [3.63, 3.8) is 0 Å². The minimum absolute atomic E-state index is 0.126. The molecule has 1 fully saturated rings. The Morgan fingerprint density at radius 2 is 2.24 bits per heavy atom. The van der Waals surface area contributed by atoms with Crippen molar-refractivity contribution in [2.24, 2.45) is 5.92 Å². The number of rotatable bonds is 3. The highest BCUT2D eigenvalue weighted by molar-refractivity contribution is 6.34. The molecule has 0 bridgehead atoms. The summed E-state index contributed by atoms with van der Waals surface area (Å²) in [5, 5.41) is -0.180. The van der Waals surface area contributed by atoms with Crippen LogP contribution < -0.4 is 0 Å². The van der Waals surface area contributed by atoms with Gasteiger partial charge in [-0.3, -0.25) is 9.59 Å². The fraction of sp³-hybridized carbons (Fsp3) is 0.467. The van der Waals surface area contributed by atoms with E-state index in [4.69, 9.17) is 16.3 Å². The Morgan fingerprint density at radius 3 is 2.95 bits per heavy atom. The fourth-order valence-electron chi connectivity index (χ4n) is 2.45. The van der Waals surface area contributed by atoms with Crippen LogP contribution in [0.25, 0.3) is 0 Å². The number of halogens is 2. The molecule has 1 aliphatic heterocycles. The molecule has 1 heterocycles. The predicted molar refractivity (Wildman–Crippen MR) is 76.7 cm³/mol. The zero-order valence-electron chi connectivity index (χ0n) is 11.8. The number of hydrogen-bond donors (Lipinski definition) is 0. The summed E-state index contributed by atoms with van der Waals surface area (Å²) in [7, 11) is 0. The van der Waals surface area contributed by atoms with Crippen LogP contribution in [0.5, 0.6) is 0 Å². The molecule has 1 aliphatic rings. The van der Waals surface area contributed by atoms with Crippen LogP contribution in [0.1, 0.15) is 30.1 Å². The molecule has 1 aromatic carbocycles. The summed E-state index contributed by atoms with van der Waals surface area (Å²) < 4.78 is 18.4. The van der Waals surface area contributed by atoms with E-state index in [-0.39, 0.29) is 34.9 Å². The van der Waals surface area contributed by atoms with Crippen molar-refractivity contribution < 1.29 is 18.7 Å². The van der Waals surface area contributed by atoms with Gasteiger partial charge in [-0.2, -0.15) is 0 Å². The minimum atomic E-state index is -0.624. The van der Waals surface area contributed by atoms with Crippen LogP contribution in [0.3, 0.4) is 0 Å². The van der Waals surface area contributed by atoms with Crippen molar-refractivity contribution in [3.8, 4) is 0 Å². The molecule has 21 heavy (non-hydrogen) atoms. The summed E-state index contributed by atoms with van der Waals surface area (Å²) in [6, 6.07) is 4.14. The highest BCUT2D eigenvalue weighted by atomic mass is 35.5. The lowest BCUT2D eigenvalue weighted by atomic mass is 9.97. The van der Waals surface area contributed by atoms with Crippen LogP contribution in [0.2, 0.25) is 5.02 Å². The Kier molecular flexibility index (Phi) is 5.17. The van der Waals surface area contributed by atoms with E-state index in [0.29, 0.717) is 26.0 Å². The zero-order valence-corrected chi connectivity index (χ0v) is 12.5. The Balaban J connectivity index is 2.12. The van der Waals surface area contributed by atoms with Gasteiger partial charge in [0.15, 0.2) is 0 Å². The number of likely N-dealkylation sites (tertiary alicyclic amines) is 1. The number of amides is 1.